The second-order valence-corrected chi connectivity index (χ2v) is 4.47. The zero-order valence-corrected chi connectivity index (χ0v) is 11.4. The minimum atomic E-state index is -4.35. The van der Waals surface area contributed by atoms with E-state index in [0.717, 1.165) is 12.1 Å². The molecule has 0 saturated carbocycles. The van der Waals surface area contributed by atoms with Gasteiger partial charge in [-0.1, -0.05) is 12.1 Å². The molecule has 0 spiro atoms. The molecule has 0 aliphatic carbocycles. The normalized spacial score (nSPS) is 11.5. The van der Waals surface area contributed by atoms with Crippen LogP contribution >= 0.6 is 0 Å². The molecule has 0 unspecified atom stereocenters. The highest BCUT2D eigenvalue weighted by Crippen LogP contribution is 2.32. The standard InChI is InChI=1S/C14H15F3N4/c1-9-20-8-12(19-7-6-18)13(21-9)10-2-4-11(5-3-10)14(15,16)17/h2-5,8,19H,6-7,18H2,1H3. The fourth-order valence-electron chi connectivity index (χ4n) is 1.84. The van der Waals surface area contributed by atoms with Crippen molar-refractivity contribution < 1.29 is 13.2 Å². The Balaban J connectivity index is 2.38. The zero-order valence-electron chi connectivity index (χ0n) is 11.4. The smallest absolute Gasteiger partial charge is 0.381 e. The molecule has 0 radical (unpaired) electrons. The van der Waals surface area contributed by atoms with Crippen LogP contribution < -0.4 is 11.1 Å². The Hall–Kier alpha value is -2.15. The van der Waals surface area contributed by atoms with E-state index in [0.29, 0.717) is 35.9 Å². The number of hydrogen-bond donors (Lipinski definition) is 2. The summed E-state index contributed by atoms with van der Waals surface area (Å²) in [5.74, 6) is 0.545. The predicted molar refractivity (Wildman–Crippen MR) is 74.8 cm³/mol. The highest BCUT2D eigenvalue weighted by molar-refractivity contribution is 5.73. The average Bonchev–Trinajstić information content (AvgIpc) is 2.45. The molecule has 1 aromatic carbocycles. The number of hydrogen-bond acceptors (Lipinski definition) is 4. The van der Waals surface area contributed by atoms with Crippen molar-refractivity contribution in [2.45, 2.75) is 13.1 Å². The van der Waals surface area contributed by atoms with Gasteiger partial charge in [0.15, 0.2) is 0 Å². The monoisotopic (exact) mass is 296 g/mol. The van der Waals surface area contributed by atoms with Gasteiger partial charge >= 0.3 is 6.18 Å². The van der Waals surface area contributed by atoms with E-state index < -0.39 is 11.7 Å². The summed E-state index contributed by atoms with van der Waals surface area (Å²) in [4.78, 5) is 8.37. The summed E-state index contributed by atoms with van der Waals surface area (Å²) in [6, 6.07) is 4.88. The molecule has 21 heavy (non-hydrogen) atoms. The van der Waals surface area contributed by atoms with E-state index in [1.807, 2.05) is 0 Å². The van der Waals surface area contributed by atoms with Crippen LogP contribution in [0.2, 0.25) is 0 Å². The Morgan fingerprint density at radius 3 is 2.43 bits per heavy atom. The van der Waals surface area contributed by atoms with Crippen molar-refractivity contribution in [2.75, 3.05) is 18.4 Å². The number of nitrogens with zero attached hydrogens (tertiary/aromatic N) is 2. The van der Waals surface area contributed by atoms with Crippen molar-refractivity contribution in [1.82, 2.24) is 9.97 Å². The van der Waals surface area contributed by atoms with Crippen LogP contribution in [0.3, 0.4) is 0 Å². The van der Waals surface area contributed by atoms with E-state index in [-0.39, 0.29) is 0 Å². The largest absolute Gasteiger partial charge is 0.416 e. The summed E-state index contributed by atoms with van der Waals surface area (Å²) in [5, 5.41) is 3.06. The van der Waals surface area contributed by atoms with Gasteiger partial charge < -0.3 is 11.1 Å². The molecule has 112 valence electrons. The minimum Gasteiger partial charge on any atom is -0.381 e. The van der Waals surface area contributed by atoms with Crippen molar-refractivity contribution >= 4 is 5.69 Å². The number of aromatic nitrogens is 2. The minimum absolute atomic E-state index is 0.431. The molecular weight excluding hydrogens is 281 g/mol. The Kier molecular flexibility index (Phi) is 4.42. The number of aryl methyl sites for hydroxylation is 1. The Bertz CT molecular complexity index is 609. The van der Waals surface area contributed by atoms with Gasteiger partial charge in [-0.15, -0.1) is 0 Å². The molecule has 1 aromatic heterocycles. The molecule has 4 nitrogen and oxygen atoms in total. The lowest BCUT2D eigenvalue weighted by Crippen LogP contribution is -2.14. The van der Waals surface area contributed by atoms with Crippen LogP contribution in [0.25, 0.3) is 11.3 Å². The first-order valence-electron chi connectivity index (χ1n) is 6.37. The summed E-state index contributed by atoms with van der Waals surface area (Å²) < 4.78 is 37.7. The average molecular weight is 296 g/mol. The molecule has 1 heterocycles. The number of rotatable bonds is 4. The van der Waals surface area contributed by atoms with Crippen LogP contribution in [0.5, 0.6) is 0 Å². The fourth-order valence-corrected chi connectivity index (χ4v) is 1.84. The molecule has 0 amide bonds. The molecule has 0 fully saturated rings. The van der Waals surface area contributed by atoms with E-state index in [1.165, 1.54) is 12.1 Å². The summed E-state index contributed by atoms with van der Waals surface area (Å²) in [7, 11) is 0. The van der Waals surface area contributed by atoms with Crippen LogP contribution in [0.15, 0.2) is 30.5 Å². The van der Waals surface area contributed by atoms with Gasteiger partial charge in [-0.2, -0.15) is 13.2 Å². The number of halogens is 3. The molecule has 0 aliphatic heterocycles. The van der Waals surface area contributed by atoms with Gasteiger partial charge in [-0.05, 0) is 19.1 Å². The molecule has 0 saturated heterocycles. The molecule has 2 rings (SSSR count). The third-order valence-electron chi connectivity index (χ3n) is 2.85. The van der Waals surface area contributed by atoms with Gasteiger partial charge in [0.25, 0.3) is 0 Å². The maximum absolute atomic E-state index is 12.6. The molecule has 2 aromatic rings. The quantitative estimate of drug-likeness (QED) is 0.910. The Labute approximate surface area is 120 Å². The fraction of sp³-hybridized carbons (Fsp3) is 0.286. The lowest BCUT2D eigenvalue weighted by molar-refractivity contribution is -0.137. The van der Waals surface area contributed by atoms with Crippen molar-refractivity contribution in [1.29, 1.82) is 0 Å². The Morgan fingerprint density at radius 2 is 1.86 bits per heavy atom. The first-order chi connectivity index (χ1) is 9.91. The number of anilines is 1. The summed E-state index contributed by atoms with van der Waals surface area (Å²) >= 11 is 0. The van der Waals surface area contributed by atoms with E-state index in [9.17, 15) is 13.2 Å². The van der Waals surface area contributed by atoms with E-state index in [4.69, 9.17) is 5.73 Å². The van der Waals surface area contributed by atoms with Gasteiger partial charge in [0.2, 0.25) is 0 Å². The van der Waals surface area contributed by atoms with E-state index >= 15 is 0 Å². The SMILES string of the molecule is Cc1ncc(NCCN)c(-c2ccc(C(F)(F)F)cc2)n1. The number of nitrogens with one attached hydrogen (secondary N) is 1. The van der Waals surface area contributed by atoms with Crippen molar-refractivity contribution in [2.24, 2.45) is 5.73 Å². The topological polar surface area (TPSA) is 63.8 Å². The van der Waals surface area contributed by atoms with Crippen molar-refractivity contribution in [3.63, 3.8) is 0 Å². The molecule has 0 aliphatic rings. The van der Waals surface area contributed by atoms with E-state index in [1.54, 1.807) is 13.1 Å². The Morgan fingerprint density at radius 1 is 1.19 bits per heavy atom. The molecule has 0 bridgehead atoms. The van der Waals surface area contributed by atoms with E-state index in [2.05, 4.69) is 15.3 Å². The van der Waals surface area contributed by atoms with Crippen molar-refractivity contribution in [3.05, 3.63) is 41.9 Å². The summed E-state index contributed by atoms with van der Waals surface area (Å²) in [5.41, 5.74) is 6.54. The molecular formula is C14H15F3N4. The maximum Gasteiger partial charge on any atom is 0.416 e. The molecule has 7 heteroatoms. The van der Waals surface area contributed by atoms with Crippen LogP contribution in [0.4, 0.5) is 18.9 Å². The first-order valence-corrected chi connectivity index (χ1v) is 6.37. The van der Waals surface area contributed by atoms with Gasteiger partial charge in [0.05, 0.1) is 23.1 Å². The zero-order chi connectivity index (χ0) is 15.5. The predicted octanol–water partition coefficient (Wildman–Crippen LogP) is 2.84. The number of nitrogens with two attached hydrogens (primary N) is 1. The second-order valence-electron chi connectivity index (χ2n) is 4.47. The maximum atomic E-state index is 12.6. The molecule has 0 atom stereocenters. The molecule has 3 N–H and O–H groups in total. The van der Waals surface area contributed by atoms with Crippen LogP contribution in [-0.4, -0.2) is 23.1 Å². The number of alkyl halides is 3. The lowest BCUT2D eigenvalue weighted by atomic mass is 10.1. The van der Waals surface area contributed by atoms with Gasteiger partial charge in [-0.3, -0.25) is 0 Å². The van der Waals surface area contributed by atoms with Crippen LogP contribution in [-0.2, 0) is 6.18 Å². The van der Waals surface area contributed by atoms with Crippen LogP contribution in [0.1, 0.15) is 11.4 Å². The highest BCUT2D eigenvalue weighted by Gasteiger charge is 2.30. The third kappa shape index (κ3) is 3.69. The van der Waals surface area contributed by atoms with Gasteiger partial charge in [0.1, 0.15) is 5.82 Å². The van der Waals surface area contributed by atoms with Crippen molar-refractivity contribution in [3.8, 4) is 11.3 Å². The van der Waals surface area contributed by atoms with Gasteiger partial charge in [-0.25, -0.2) is 9.97 Å². The highest BCUT2D eigenvalue weighted by atomic mass is 19.4. The number of benzene rings is 1. The lowest BCUT2D eigenvalue weighted by Gasteiger charge is -2.12. The van der Waals surface area contributed by atoms with Crippen LogP contribution in [0, 0.1) is 6.92 Å². The second kappa shape index (κ2) is 6.09. The summed E-state index contributed by atoms with van der Waals surface area (Å²) in [6.45, 7) is 2.68. The third-order valence-corrected chi connectivity index (χ3v) is 2.85. The summed E-state index contributed by atoms with van der Waals surface area (Å²) in [6.07, 6.45) is -2.74. The van der Waals surface area contributed by atoms with Gasteiger partial charge in [0, 0.05) is 18.7 Å². The first kappa shape index (κ1) is 15.2.